The summed E-state index contributed by atoms with van der Waals surface area (Å²) in [5.74, 6) is 2.00. The van der Waals surface area contributed by atoms with Crippen LogP contribution in [-0.2, 0) is 0 Å². The quantitative estimate of drug-likeness (QED) is 0.579. The number of benzene rings is 2. The number of rotatable bonds is 5. The second-order valence-corrected chi connectivity index (χ2v) is 4.72. The van der Waals surface area contributed by atoms with Crippen LogP contribution in [0.25, 0.3) is 10.9 Å². The Bertz CT molecular complexity index is 844. The predicted octanol–water partition coefficient (Wildman–Crippen LogP) is 3.09. The molecule has 1 aromatic heterocycles. The van der Waals surface area contributed by atoms with E-state index in [-0.39, 0.29) is 0 Å². The van der Waals surface area contributed by atoms with E-state index in [1.165, 1.54) is 6.33 Å². The summed E-state index contributed by atoms with van der Waals surface area (Å²) < 4.78 is 10.5. The molecule has 3 rings (SSSR count). The average Bonchev–Trinajstić information content (AvgIpc) is 2.61. The van der Waals surface area contributed by atoms with E-state index in [9.17, 15) is 0 Å². The minimum Gasteiger partial charge on any atom is -0.493 e. The van der Waals surface area contributed by atoms with Gasteiger partial charge in [-0.2, -0.15) is 5.10 Å². The summed E-state index contributed by atoms with van der Waals surface area (Å²) in [4.78, 5) is 8.43. The van der Waals surface area contributed by atoms with E-state index in [4.69, 9.17) is 9.47 Å². The monoisotopic (exact) mass is 308 g/mol. The lowest BCUT2D eigenvalue weighted by Gasteiger charge is -2.07. The van der Waals surface area contributed by atoms with Gasteiger partial charge in [0.15, 0.2) is 17.3 Å². The van der Waals surface area contributed by atoms with Gasteiger partial charge in [0.1, 0.15) is 6.33 Å². The molecule has 0 unspecified atom stereocenters. The Hall–Kier alpha value is -3.15. The van der Waals surface area contributed by atoms with Crippen molar-refractivity contribution in [3.8, 4) is 11.5 Å². The Balaban J connectivity index is 1.81. The SMILES string of the molecule is COc1ccc(C=NNc2ncnc3ccccc23)cc1OC. The van der Waals surface area contributed by atoms with E-state index in [0.717, 1.165) is 16.5 Å². The molecule has 0 fully saturated rings. The standard InChI is InChI=1S/C17H16N4O2/c1-22-15-8-7-12(9-16(15)23-2)10-20-21-17-13-5-3-4-6-14(13)18-11-19-17/h3-11H,1-2H3,(H,18,19,21). The first kappa shape index (κ1) is 14.8. The fraction of sp³-hybridized carbons (Fsp3) is 0.118. The van der Waals surface area contributed by atoms with Crippen molar-refractivity contribution in [2.75, 3.05) is 19.6 Å². The van der Waals surface area contributed by atoms with E-state index in [0.29, 0.717) is 17.3 Å². The van der Waals surface area contributed by atoms with Crippen molar-refractivity contribution in [3.05, 3.63) is 54.4 Å². The number of anilines is 1. The summed E-state index contributed by atoms with van der Waals surface area (Å²) in [6, 6.07) is 13.3. The van der Waals surface area contributed by atoms with Crippen molar-refractivity contribution in [2.45, 2.75) is 0 Å². The molecule has 1 N–H and O–H groups in total. The summed E-state index contributed by atoms with van der Waals surface area (Å²) in [6.45, 7) is 0. The zero-order valence-corrected chi connectivity index (χ0v) is 12.9. The fourth-order valence-electron chi connectivity index (χ4n) is 2.19. The molecule has 6 nitrogen and oxygen atoms in total. The molecule has 0 bridgehead atoms. The topological polar surface area (TPSA) is 68.6 Å². The third-order valence-electron chi connectivity index (χ3n) is 3.33. The number of methoxy groups -OCH3 is 2. The molecule has 0 radical (unpaired) electrons. The lowest BCUT2D eigenvalue weighted by atomic mass is 10.2. The molecule has 0 atom stereocenters. The highest BCUT2D eigenvalue weighted by atomic mass is 16.5. The highest BCUT2D eigenvalue weighted by Gasteiger charge is 2.03. The largest absolute Gasteiger partial charge is 0.493 e. The van der Waals surface area contributed by atoms with Crippen LogP contribution in [-0.4, -0.2) is 30.4 Å². The lowest BCUT2D eigenvalue weighted by Crippen LogP contribution is -1.96. The maximum atomic E-state index is 5.27. The summed E-state index contributed by atoms with van der Waals surface area (Å²) in [6.07, 6.45) is 3.20. The second kappa shape index (κ2) is 6.74. The van der Waals surface area contributed by atoms with E-state index in [1.807, 2.05) is 42.5 Å². The number of hydrogen-bond acceptors (Lipinski definition) is 6. The smallest absolute Gasteiger partial charge is 0.161 e. The average molecular weight is 308 g/mol. The first-order chi connectivity index (χ1) is 11.3. The van der Waals surface area contributed by atoms with Crippen LogP contribution in [0.3, 0.4) is 0 Å². The fourth-order valence-corrected chi connectivity index (χ4v) is 2.19. The van der Waals surface area contributed by atoms with E-state index < -0.39 is 0 Å². The van der Waals surface area contributed by atoms with Gasteiger partial charge in [-0.15, -0.1) is 0 Å². The minimum absolute atomic E-state index is 0.656. The maximum absolute atomic E-state index is 5.27. The number of nitrogens with one attached hydrogen (secondary N) is 1. The van der Waals surface area contributed by atoms with Gasteiger partial charge >= 0.3 is 0 Å². The van der Waals surface area contributed by atoms with E-state index in [2.05, 4.69) is 20.5 Å². The number of hydrazone groups is 1. The normalized spacial score (nSPS) is 10.9. The van der Waals surface area contributed by atoms with Crippen molar-refractivity contribution in [1.82, 2.24) is 9.97 Å². The number of nitrogens with zero attached hydrogens (tertiary/aromatic N) is 3. The van der Waals surface area contributed by atoms with Crippen LogP contribution in [0, 0.1) is 0 Å². The molecule has 2 aromatic carbocycles. The molecule has 0 amide bonds. The summed E-state index contributed by atoms with van der Waals surface area (Å²) in [5, 5.41) is 5.15. The third kappa shape index (κ3) is 3.21. The van der Waals surface area contributed by atoms with Crippen LogP contribution in [0.4, 0.5) is 5.82 Å². The molecular weight excluding hydrogens is 292 g/mol. The van der Waals surface area contributed by atoms with Gasteiger partial charge in [-0.3, -0.25) is 5.43 Å². The number of aromatic nitrogens is 2. The molecule has 0 aliphatic carbocycles. The van der Waals surface area contributed by atoms with Gasteiger partial charge in [0, 0.05) is 5.39 Å². The van der Waals surface area contributed by atoms with E-state index >= 15 is 0 Å². The van der Waals surface area contributed by atoms with Gasteiger partial charge in [-0.05, 0) is 35.9 Å². The van der Waals surface area contributed by atoms with Crippen LogP contribution in [0.5, 0.6) is 11.5 Å². The Labute approximate surface area is 133 Å². The van der Waals surface area contributed by atoms with Crippen molar-refractivity contribution >= 4 is 22.9 Å². The zero-order valence-electron chi connectivity index (χ0n) is 12.9. The summed E-state index contributed by atoms with van der Waals surface area (Å²) >= 11 is 0. The molecule has 0 spiro atoms. The van der Waals surface area contributed by atoms with Crippen molar-refractivity contribution in [1.29, 1.82) is 0 Å². The highest BCUT2D eigenvalue weighted by molar-refractivity contribution is 5.89. The third-order valence-corrected chi connectivity index (χ3v) is 3.33. The van der Waals surface area contributed by atoms with Crippen LogP contribution in [0.1, 0.15) is 5.56 Å². The van der Waals surface area contributed by atoms with Gasteiger partial charge < -0.3 is 9.47 Å². The van der Waals surface area contributed by atoms with Gasteiger partial charge in [0.05, 0.1) is 26.0 Å². The molecule has 0 saturated carbocycles. The number of hydrogen-bond donors (Lipinski definition) is 1. The Morgan fingerprint density at radius 1 is 1.00 bits per heavy atom. The molecule has 1 heterocycles. The van der Waals surface area contributed by atoms with Gasteiger partial charge in [-0.1, -0.05) is 12.1 Å². The van der Waals surface area contributed by atoms with Crippen molar-refractivity contribution < 1.29 is 9.47 Å². The van der Waals surface area contributed by atoms with Crippen molar-refractivity contribution in [3.63, 3.8) is 0 Å². The Morgan fingerprint density at radius 2 is 1.83 bits per heavy atom. The van der Waals surface area contributed by atoms with Crippen LogP contribution in [0.2, 0.25) is 0 Å². The zero-order chi connectivity index (χ0) is 16.1. The Kier molecular flexibility index (Phi) is 4.33. The molecular formula is C17H16N4O2. The molecule has 3 aromatic rings. The molecule has 6 heteroatoms. The molecule has 0 aliphatic rings. The van der Waals surface area contributed by atoms with Gasteiger partial charge in [-0.25, -0.2) is 9.97 Å². The number of ether oxygens (including phenoxy) is 2. The van der Waals surface area contributed by atoms with E-state index in [1.54, 1.807) is 20.4 Å². The van der Waals surface area contributed by atoms with Crippen LogP contribution >= 0.6 is 0 Å². The predicted molar refractivity (Wildman–Crippen MR) is 90.3 cm³/mol. The maximum Gasteiger partial charge on any atom is 0.161 e. The lowest BCUT2D eigenvalue weighted by molar-refractivity contribution is 0.355. The summed E-state index contributed by atoms with van der Waals surface area (Å²) in [7, 11) is 3.21. The summed E-state index contributed by atoms with van der Waals surface area (Å²) in [5.41, 5.74) is 4.70. The van der Waals surface area contributed by atoms with Gasteiger partial charge in [0.2, 0.25) is 0 Å². The molecule has 23 heavy (non-hydrogen) atoms. The Morgan fingerprint density at radius 3 is 2.65 bits per heavy atom. The molecule has 116 valence electrons. The number of para-hydroxylation sites is 1. The molecule has 0 aliphatic heterocycles. The minimum atomic E-state index is 0.656. The van der Waals surface area contributed by atoms with Gasteiger partial charge in [0.25, 0.3) is 0 Å². The van der Waals surface area contributed by atoms with Crippen LogP contribution < -0.4 is 14.9 Å². The first-order valence-corrected chi connectivity index (χ1v) is 7.02. The highest BCUT2D eigenvalue weighted by Crippen LogP contribution is 2.27. The molecule has 0 saturated heterocycles. The number of fused-ring (bicyclic) bond motifs is 1. The van der Waals surface area contributed by atoms with Crippen LogP contribution in [0.15, 0.2) is 53.9 Å². The first-order valence-electron chi connectivity index (χ1n) is 7.02. The second-order valence-electron chi connectivity index (χ2n) is 4.72. The van der Waals surface area contributed by atoms with Crippen molar-refractivity contribution in [2.24, 2.45) is 5.10 Å².